The normalized spacial score (nSPS) is 10.7. The maximum atomic E-state index is 8.92. The predicted molar refractivity (Wildman–Crippen MR) is 47.2 cm³/mol. The maximum absolute atomic E-state index is 8.92. The Hall–Kier alpha value is 0.650. The van der Waals surface area contributed by atoms with Gasteiger partial charge >= 0.3 is 0 Å². The minimum Gasteiger partial charge on any atom is -0.314 e. The van der Waals surface area contributed by atoms with Crippen LogP contribution in [0.2, 0.25) is 0 Å². The number of rotatable bonds is 5. The zero-order valence-electron chi connectivity index (χ0n) is 5.81. The Kier molecular flexibility index (Phi) is 7.25. The molecule has 0 saturated carbocycles. The monoisotopic (exact) mass is 243 g/mol. The summed E-state index contributed by atoms with van der Waals surface area (Å²) in [7, 11) is 0. The van der Waals surface area contributed by atoms with Gasteiger partial charge < -0.3 is 5.21 Å². The summed E-state index contributed by atoms with van der Waals surface area (Å²) in [6, 6.07) is 0. The molecular formula is C6H14INO. The first kappa shape index (κ1) is 9.65. The van der Waals surface area contributed by atoms with Crippen molar-refractivity contribution in [2.45, 2.75) is 19.8 Å². The molecule has 0 bridgehead atoms. The molecule has 56 valence electrons. The molecule has 0 aliphatic rings. The van der Waals surface area contributed by atoms with Crippen LogP contribution in [-0.2, 0) is 0 Å². The number of hydroxylamine groups is 2. The van der Waals surface area contributed by atoms with E-state index in [0.717, 1.165) is 19.5 Å². The largest absolute Gasteiger partial charge is 0.314 e. The number of hydrogen-bond acceptors (Lipinski definition) is 2. The van der Waals surface area contributed by atoms with Gasteiger partial charge in [-0.2, -0.15) is 5.06 Å². The van der Waals surface area contributed by atoms with Crippen LogP contribution < -0.4 is 0 Å². The molecule has 0 radical (unpaired) electrons. The van der Waals surface area contributed by atoms with Crippen LogP contribution in [-0.4, -0.2) is 27.8 Å². The molecule has 0 rings (SSSR count). The Bertz CT molecular complexity index is 61.0. The Labute approximate surface area is 70.3 Å². The second-order valence-electron chi connectivity index (χ2n) is 1.94. The highest BCUT2D eigenvalue weighted by Crippen LogP contribution is 1.95. The maximum Gasteiger partial charge on any atom is 0.0238 e. The van der Waals surface area contributed by atoms with Gasteiger partial charge in [0.1, 0.15) is 0 Å². The zero-order valence-corrected chi connectivity index (χ0v) is 7.97. The Morgan fingerprint density at radius 2 is 2.11 bits per heavy atom. The van der Waals surface area contributed by atoms with Crippen LogP contribution in [0.25, 0.3) is 0 Å². The van der Waals surface area contributed by atoms with Crippen LogP contribution in [0.15, 0.2) is 0 Å². The van der Waals surface area contributed by atoms with Gasteiger partial charge in [-0.25, -0.2) is 0 Å². The van der Waals surface area contributed by atoms with Crippen molar-refractivity contribution in [2.75, 3.05) is 17.5 Å². The van der Waals surface area contributed by atoms with Gasteiger partial charge in [0.2, 0.25) is 0 Å². The minimum absolute atomic E-state index is 0.737. The molecule has 0 unspecified atom stereocenters. The molecule has 0 fully saturated rings. The SMILES string of the molecule is CCN(O)CCCCI. The van der Waals surface area contributed by atoms with E-state index in [1.165, 1.54) is 15.9 Å². The van der Waals surface area contributed by atoms with Crippen LogP contribution in [0.5, 0.6) is 0 Å². The molecule has 0 heterocycles. The lowest BCUT2D eigenvalue weighted by atomic mass is 10.3. The molecule has 0 aromatic heterocycles. The van der Waals surface area contributed by atoms with E-state index in [4.69, 9.17) is 5.21 Å². The van der Waals surface area contributed by atoms with Crippen LogP contribution in [0, 0.1) is 0 Å². The number of hydrogen-bond donors (Lipinski definition) is 1. The van der Waals surface area contributed by atoms with Gasteiger partial charge in [-0.1, -0.05) is 29.5 Å². The number of unbranched alkanes of at least 4 members (excludes halogenated alkanes) is 1. The van der Waals surface area contributed by atoms with Crippen molar-refractivity contribution in [1.82, 2.24) is 5.06 Å². The minimum atomic E-state index is 0.737. The van der Waals surface area contributed by atoms with Gasteiger partial charge in [-0.15, -0.1) is 0 Å². The lowest BCUT2D eigenvalue weighted by Gasteiger charge is -2.09. The lowest BCUT2D eigenvalue weighted by molar-refractivity contribution is -0.0866. The van der Waals surface area contributed by atoms with Crippen molar-refractivity contribution in [3.05, 3.63) is 0 Å². The molecule has 0 aromatic rings. The van der Waals surface area contributed by atoms with E-state index in [9.17, 15) is 0 Å². The molecule has 0 atom stereocenters. The third kappa shape index (κ3) is 6.54. The van der Waals surface area contributed by atoms with Crippen molar-refractivity contribution in [1.29, 1.82) is 0 Å². The third-order valence-electron chi connectivity index (χ3n) is 1.16. The molecule has 1 N–H and O–H groups in total. The first-order chi connectivity index (χ1) is 4.31. The summed E-state index contributed by atoms with van der Waals surface area (Å²) in [5, 5.41) is 10.3. The highest BCUT2D eigenvalue weighted by atomic mass is 127. The fourth-order valence-electron chi connectivity index (χ4n) is 0.547. The topological polar surface area (TPSA) is 23.5 Å². The molecular weight excluding hydrogens is 229 g/mol. The highest BCUT2D eigenvalue weighted by Gasteiger charge is 1.93. The zero-order chi connectivity index (χ0) is 7.11. The fraction of sp³-hybridized carbons (Fsp3) is 1.00. The van der Waals surface area contributed by atoms with Gasteiger partial charge in [-0.3, -0.25) is 0 Å². The summed E-state index contributed by atoms with van der Waals surface area (Å²) in [4.78, 5) is 0. The molecule has 2 nitrogen and oxygen atoms in total. The van der Waals surface area contributed by atoms with Crippen LogP contribution in [0.1, 0.15) is 19.8 Å². The first-order valence-corrected chi connectivity index (χ1v) is 4.83. The van der Waals surface area contributed by atoms with E-state index in [1.54, 1.807) is 0 Å². The van der Waals surface area contributed by atoms with E-state index >= 15 is 0 Å². The quantitative estimate of drug-likeness (QED) is 0.345. The van der Waals surface area contributed by atoms with E-state index in [1.807, 2.05) is 6.92 Å². The van der Waals surface area contributed by atoms with Crippen molar-refractivity contribution >= 4 is 22.6 Å². The molecule has 0 spiro atoms. The summed E-state index contributed by atoms with van der Waals surface area (Å²) in [6.45, 7) is 3.50. The van der Waals surface area contributed by atoms with E-state index in [0.29, 0.717) is 0 Å². The van der Waals surface area contributed by atoms with Gasteiger partial charge in [-0.05, 0) is 17.3 Å². The van der Waals surface area contributed by atoms with Gasteiger partial charge in [0, 0.05) is 13.1 Å². The Morgan fingerprint density at radius 1 is 1.44 bits per heavy atom. The van der Waals surface area contributed by atoms with Crippen molar-refractivity contribution < 1.29 is 5.21 Å². The Balaban J connectivity index is 2.88. The van der Waals surface area contributed by atoms with Crippen LogP contribution in [0.4, 0.5) is 0 Å². The molecule has 9 heavy (non-hydrogen) atoms. The number of halogens is 1. The second-order valence-corrected chi connectivity index (χ2v) is 3.02. The fourth-order valence-corrected chi connectivity index (χ4v) is 1.09. The van der Waals surface area contributed by atoms with Crippen molar-refractivity contribution in [2.24, 2.45) is 0 Å². The lowest BCUT2D eigenvalue weighted by Crippen LogP contribution is -2.19. The molecule has 3 heteroatoms. The van der Waals surface area contributed by atoms with E-state index in [-0.39, 0.29) is 0 Å². The smallest absolute Gasteiger partial charge is 0.0238 e. The standard InChI is InChI=1S/C6H14INO/c1-2-8(9)6-4-3-5-7/h9H,2-6H2,1H3. The molecule has 0 aliphatic heterocycles. The van der Waals surface area contributed by atoms with Gasteiger partial charge in [0.05, 0.1) is 0 Å². The van der Waals surface area contributed by atoms with E-state index in [2.05, 4.69) is 22.6 Å². The van der Waals surface area contributed by atoms with E-state index < -0.39 is 0 Å². The summed E-state index contributed by atoms with van der Waals surface area (Å²) < 4.78 is 1.19. The van der Waals surface area contributed by atoms with Gasteiger partial charge in [0.25, 0.3) is 0 Å². The first-order valence-electron chi connectivity index (χ1n) is 3.31. The molecule has 0 aliphatic carbocycles. The number of nitrogens with zero attached hydrogens (tertiary/aromatic N) is 1. The molecule has 0 amide bonds. The highest BCUT2D eigenvalue weighted by molar-refractivity contribution is 14.1. The third-order valence-corrected chi connectivity index (χ3v) is 1.93. The average Bonchev–Trinajstić information content (AvgIpc) is 1.89. The number of alkyl halides is 1. The van der Waals surface area contributed by atoms with Crippen LogP contribution >= 0.6 is 22.6 Å². The van der Waals surface area contributed by atoms with Gasteiger partial charge in [0.15, 0.2) is 0 Å². The summed E-state index contributed by atoms with van der Waals surface area (Å²) in [5.74, 6) is 0. The average molecular weight is 243 g/mol. The van der Waals surface area contributed by atoms with Crippen molar-refractivity contribution in [3.63, 3.8) is 0 Å². The summed E-state index contributed by atoms with van der Waals surface area (Å²) in [5.41, 5.74) is 0. The predicted octanol–water partition coefficient (Wildman–Crippen LogP) is 1.91. The van der Waals surface area contributed by atoms with Crippen molar-refractivity contribution in [3.8, 4) is 0 Å². The Morgan fingerprint density at radius 3 is 2.56 bits per heavy atom. The van der Waals surface area contributed by atoms with Crippen LogP contribution in [0.3, 0.4) is 0 Å². The molecule has 0 saturated heterocycles. The second kappa shape index (κ2) is 6.77. The molecule has 0 aromatic carbocycles. The summed E-state index contributed by atoms with van der Waals surface area (Å²) >= 11 is 2.35. The summed E-state index contributed by atoms with van der Waals surface area (Å²) in [6.07, 6.45) is 2.31.